The number of anilines is 1. The molecule has 1 fully saturated rings. The molecule has 0 saturated carbocycles. The van der Waals surface area contributed by atoms with E-state index in [1.54, 1.807) is 12.1 Å². The molecule has 0 aliphatic carbocycles. The van der Waals surface area contributed by atoms with Gasteiger partial charge in [0.15, 0.2) is 5.76 Å². The molecule has 0 spiro atoms. The van der Waals surface area contributed by atoms with Gasteiger partial charge in [0.1, 0.15) is 0 Å². The number of sulfonamides is 1. The monoisotopic (exact) mass is 432 g/mol. The van der Waals surface area contributed by atoms with Crippen molar-refractivity contribution in [3.05, 3.63) is 48.2 Å². The number of furan rings is 1. The van der Waals surface area contributed by atoms with E-state index in [0.717, 1.165) is 12.8 Å². The number of likely N-dealkylation sites (N-methyl/N-ethyl adjacent to an activating group) is 1. The largest absolute Gasteiger partial charge is 0.459 e. The van der Waals surface area contributed by atoms with E-state index in [2.05, 4.69) is 15.5 Å². The van der Waals surface area contributed by atoms with Crippen LogP contribution in [0, 0.1) is 0 Å². The first-order valence-corrected chi connectivity index (χ1v) is 10.7. The lowest BCUT2D eigenvalue weighted by Crippen LogP contribution is -2.34. The van der Waals surface area contributed by atoms with Crippen LogP contribution in [0.15, 0.2) is 56.4 Å². The summed E-state index contributed by atoms with van der Waals surface area (Å²) < 4.78 is 42.7. The number of aromatic nitrogens is 2. The van der Waals surface area contributed by atoms with E-state index in [1.165, 1.54) is 41.9 Å². The molecule has 1 unspecified atom stereocenters. The number of carbonyl (C=O) groups excluding carboxylic acids is 1. The standard InChI is InChI=1S/C19H20N4O6S/c1-23(12-14-4-2-10-27-14)30(25,26)15-8-6-13(7-9-15)17(24)20-19-22-21-18(29-19)16-5-3-11-28-16/h3,5-9,11,14H,2,4,10,12H2,1H3,(H,20,22,24). The average molecular weight is 432 g/mol. The van der Waals surface area contributed by atoms with Gasteiger partial charge in [0.05, 0.1) is 17.3 Å². The van der Waals surface area contributed by atoms with Crippen LogP contribution < -0.4 is 5.32 Å². The van der Waals surface area contributed by atoms with E-state index in [4.69, 9.17) is 13.6 Å². The highest BCUT2D eigenvalue weighted by molar-refractivity contribution is 7.89. The van der Waals surface area contributed by atoms with Crippen LogP contribution >= 0.6 is 0 Å². The van der Waals surface area contributed by atoms with Crippen LogP contribution in [-0.2, 0) is 14.8 Å². The first-order valence-electron chi connectivity index (χ1n) is 9.30. The number of nitrogens with zero attached hydrogens (tertiary/aromatic N) is 3. The van der Waals surface area contributed by atoms with Gasteiger partial charge >= 0.3 is 6.01 Å². The number of amides is 1. The van der Waals surface area contributed by atoms with Crippen LogP contribution in [0.4, 0.5) is 6.01 Å². The molecule has 0 bridgehead atoms. The summed E-state index contributed by atoms with van der Waals surface area (Å²) in [6, 6.07) is 8.84. The van der Waals surface area contributed by atoms with Crippen LogP contribution in [-0.4, -0.2) is 55.1 Å². The lowest BCUT2D eigenvalue weighted by atomic mass is 10.2. The summed E-state index contributed by atoms with van der Waals surface area (Å²) >= 11 is 0. The third kappa shape index (κ3) is 4.27. The van der Waals surface area contributed by atoms with Crippen molar-refractivity contribution in [1.82, 2.24) is 14.5 Å². The zero-order valence-electron chi connectivity index (χ0n) is 16.1. The van der Waals surface area contributed by atoms with E-state index in [-0.39, 0.29) is 28.5 Å². The second-order valence-electron chi connectivity index (χ2n) is 6.79. The average Bonchev–Trinajstić information content (AvgIpc) is 3.50. The molecule has 2 aromatic heterocycles. The quantitative estimate of drug-likeness (QED) is 0.603. The zero-order chi connectivity index (χ0) is 21.1. The van der Waals surface area contributed by atoms with Crippen molar-refractivity contribution < 1.29 is 26.8 Å². The number of benzene rings is 1. The lowest BCUT2D eigenvalue weighted by molar-refractivity contribution is 0.0979. The molecule has 3 heterocycles. The van der Waals surface area contributed by atoms with Gasteiger partial charge in [0, 0.05) is 25.8 Å². The molecule has 30 heavy (non-hydrogen) atoms. The van der Waals surface area contributed by atoms with Crippen molar-refractivity contribution in [3.8, 4) is 11.7 Å². The van der Waals surface area contributed by atoms with Crippen LogP contribution in [0.2, 0.25) is 0 Å². The molecule has 1 N–H and O–H groups in total. The Hall–Kier alpha value is -3.02. The second kappa shape index (κ2) is 8.38. The third-order valence-corrected chi connectivity index (χ3v) is 6.52. The molecule has 4 rings (SSSR count). The Balaban J connectivity index is 1.41. The number of hydrogen-bond acceptors (Lipinski definition) is 8. The predicted octanol–water partition coefficient (Wildman–Crippen LogP) is 2.38. The smallest absolute Gasteiger partial charge is 0.322 e. The van der Waals surface area contributed by atoms with Gasteiger partial charge in [-0.15, -0.1) is 5.10 Å². The molecule has 3 aromatic rings. The maximum absolute atomic E-state index is 12.7. The summed E-state index contributed by atoms with van der Waals surface area (Å²) in [5.41, 5.74) is 0.244. The fourth-order valence-corrected chi connectivity index (χ4v) is 4.28. The van der Waals surface area contributed by atoms with Crippen LogP contribution in [0.1, 0.15) is 23.2 Å². The third-order valence-electron chi connectivity index (χ3n) is 4.69. The van der Waals surface area contributed by atoms with Crippen LogP contribution in [0.25, 0.3) is 11.7 Å². The van der Waals surface area contributed by atoms with Gasteiger partial charge in [-0.3, -0.25) is 10.1 Å². The van der Waals surface area contributed by atoms with Crippen molar-refractivity contribution in [2.24, 2.45) is 0 Å². The highest BCUT2D eigenvalue weighted by Gasteiger charge is 2.26. The molecule has 11 heteroatoms. The van der Waals surface area contributed by atoms with E-state index >= 15 is 0 Å². The van der Waals surface area contributed by atoms with Crippen molar-refractivity contribution in [2.45, 2.75) is 23.8 Å². The van der Waals surface area contributed by atoms with Crippen LogP contribution in [0.5, 0.6) is 0 Å². The Labute approximate surface area is 172 Å². The van der Waals surface area contributed by atoms with Crippen molar-refractivity contribution in [3.63, 3.8) is 0 Å². The van der Waals surface area contributed by atoms with Gasteiger partial charge in [-0.1, -0.05) is 5.10 Å². The fraction of sp³-hybridized carbons (Fsp3) is 0.316. The Morgan fingerprint density at radius 2 is 2.03 bits per heavy atom. The predicted molar refractivity (Wildman–Crippen MR) is 105 cm³/mol. The summed E-state index contributed by atoms with van der Waals surface area (Å²) in [6.45, 7) is 0.950. The highest BCUT2D eigenvalue weighted by Crippen LogP contribution is 2.21. The van der Waals surface area contributed by atoms with Crippen molar-refractivity contribution >= 4 is 21.9 Å². The number of ether oxygens (including phenoxy) is 1. The summed E-state index contributed by atoms with van der Waals surface area (Å²) in [4.78, 5) is 12.5. The van der Waals surface area contributed by atoms with Gasteiger partial charge in [-0.2, -0.15) is 4.31 Å². The minimum atomic E-state index is -3.68. The van der Waals surface area contributed by atoms with E-state index in [1.807, 2.05) is 0 Å². The van der Waals surface area contributed by atoms with E-state index < -0.39 is 15.9 Å². The van der Waals surface area contributed by atoms with Gasteiger partial charge < -0.3 is 13.6 Å². The molecule has 1 saturated heterocycles. The number of carbonyl (C=O) groups is 1. The Morgan fingerprint density at radius 1 is 1.23 bits per heavy atom. The van der Waals surface area contributed by atoms with Gasteiger partial charge in [-0.25, -0.2) is 8.42 Å². The summed E-state index contributed by atoms with van der Waals surface area (Å²) in [7, 11) is -2.16. The molecule has 158 valence electrons. The molecule has 1 amide bonds. The van der Waals surface area contributed by atoms with Crippen molar-refractivity contribution in [1.29, 1.82) is 0 Å². The summed E-state index contributed by atoms with van der Waals surface area (Å²) in [6.07, 6.45) is 3.16. The number of hydrogen-bond donors (Lipinski definition) is 1. The molecular weight excluding hydrogens is 412 g/mol. The SMILES string of the molecule is CN(CC1CCCO1)S(=O)(=O)c1ccc(C(=O)Nc2nnc(-c3ccco3)o2)cc1. The summed E-state index contributed by atoms with van der Waals surface area (Å²) in [5, 5.41) is 10.0. The molecule has 1 atom stereocenters. The van der Waals surface area contributed by atoms with Crippen LogP contribution in [0.3, 0.4) is 0 Å². The zero-order valence-corrected chi connectivity index (χ0v) is 17.0. The molecule has 0 radical (unpaired) electrons. The molecular formula is C19H20N4O6S. The first kappa shape index (κ1) is 20.3. The van der Waals surface area contributed by atoms with E-state index in [9.17, 15) is 13.2 Å². The minimum Gasteiger partial charge on any atom is -0.459 e. The second-order valence-corrected chi connectivity index (χ2v) is 8.83. The first-order chi connectivity index (χ1) is 14.4. The maximum Gasteiger partial charge on any atom is 0.322 e. The Kier molecular flexibility index (Phi) is 5.66. The number of nitrogens with one attached hydrogen (secondary N) is 1. The molecule has 1 aliphatic heterocycles. The Bertz CT molecular complexity index is 1100. The minimum absolute atomic E-state index is 0.0877. The van der Waals surface area contributed by atoms with E-state index in [0.29, 0.717) is 18.9 Å². The molecule has 10 nitrogen and oxygen atoms in total. The number of rotatable bonds is 7. The topological polar surface area (TPSA) is 128 Å². The molecule has 1 aromatic carbocycles. The summed E-state index contributed by atoms with van der Waals surface area (Å²) in [5.74, 6) is -0.00277. The fourth-order valence-electron chi connectivity index (χ4n) is 3.07. The molecule has 1 aliphatic rings. The van der Waals surface area contributed by atoms with Gasteiger partial charge in [0.2, 0.25) is 10.0 Å². The lowest BCUT2D eigenvalue weighted by Gasteiger charge is -2.20. The van der Waals surface area contributed by atoms with Crippen molar-refractivity contribution in [2.75, 3.05) is 25.5 Å². The highest BCUT2D eigenvalue weighted by atomic mass is 32.2. The maximum atomic E-state index is 12.7. The van der Waals surface area contributed by atoms with Gasteiger partial charge in [-0.05, 0) is 49.2 Å². The van der Waals surface area contributed by atoms with Gasteiger partial charge in [0.25, 0.3) is 11.8 Å². The Morgan fingerprint density at radius 3 is 2.70 bits per heavy atom. The normalized spacial score (nSPS) is 16.8.